The first-order valence-corrected chi connectivity index (χ1v) is 8.79. The zero-order valence-electron chi connectivity index (χ0n) is 15.8. The number of carbonyl (C=O) groups is 1. The summed E-state index contributed by atoms with van der Waals surface area (Å²) in [6.07, 6.45) is 1.67. The van der Waals surface area contributed by atoms with Gasteiger partial charge in [-0.1, -0.05) is 24.3 Å². The van der Waals surface area contributed by atoms with Crippen molar-refractivity contribution < 1.29 is 14.3 Å². The lowest BCUT2D eigenvalue weighted by atomic mass is 9.98. The quantitative estimate of drug-likeness (QED) is 0.486. The highest BCUT2D eigenvalue weighted by Gasteiger charge is 2.17. The third kappa shape index (κ3) is 3.55. The van der Waals surface area contributed by atoms with Crippen molar-refractivity contribution in [3.8, 4) is 34.1 Å². The van der Waals surface area contributed by atoms with Gasteiger partial charge in [-0.25, -0.2) is 4.79 Å². The van der Waals surface area contributed by atoms with E-state index in [1.54, 1.807) is 31.5 Å². The van der Waals surface area contributed by atoms with Crippen LogP contribution in [0.5, 0.6) is 5.75 Å². The maximum absolute atomic E-state index is 12.1. The summed E-state index contributed by atoms with van der Waals surface area (Å²) in [6.45, 7) is 0. The van der Waals surface area contributed by atoms with E-state index in [0.29, 0.717) is 34.1 Å². The lowest BCUT2D eigenvalue weighted by Gasteiger charge is -2.13. The minimum Gasteiger partial charge on any atom is -0.496 e. The highest BCUT2D eigenvalue weighted by Crippen LogP contribution is 2.34. The van der Waals surface area contributed by atoms with Crippen LogP contribution >= 0.6 is 0 Å². The van der Waals surface area contributed by atoms with Crippen LogP contribution in [-0.2, 0) is 4.74 Å². The second-order valence-corrected chi connectivity index (χ2v) is 6.04. The molecule has 2 aromatic heterocycles. The number of ether oxygens (including phenoxy) is 2. The fourth-order valence-corrected chi connectivity index (χ4v) is 2.95. The third-order valence-corrected chi connectivity index (χ3v) is 4.35. The highest BCUT2D eigenvalue weighted by atomic mass is 16.5. The number of benzene rings is 2. The van der Waals surface area contributed by atoms with Crippen LogP contribution in [0.4, 0.5) is 0 Å². The molecule has 0 saturated carbocycles. The van der Waals surface area contributed by atoms with E-state index in [4.69, 9.17) is 9.47 Å². The number of carbonyl (C=O) groups excluding carboxylic acids is 1. The molecule has 0 fully saturated rings. The van der Waals surface area contributed by atoms with Gasteiger partial charge < -0.3 is 9.47 Å². The molecule has 2 heterocycles. The van der Waals surface area contributed by atoms with Gasteiger partial charge in [-0.3, -0.25) is 4.98 Å². The van der Waals surface area contributed by atoms with Crippen molar-refractivity contribution >= 4 is 5.97 Å². The maximum atomic E-state index is 12.1. The third-order valence-electron chi connectivity index (χ3n) is 4.35. The molecule has 0 amide bonds. The molecule has 4 aromatic rings. The molecule has 2 aromatic carbocycles. The molecule has 0 aliphatic carbocycles. The van der Waals surface area contributed by atoms with Gasteiger partial charge in [0, 0.05) is 17.8 Å². The number of rotatable bonds is 5. The molecule has 0 bridgehead atoms. The summed E-state index contributed by atoms with van der Waals surface area (Å²) in [6, 6.07) is 18.2. The Bertz CT molecular complexity index is 1160. The molecule has 0 atom stereocenters. The molecule has 0 aliphatic heterocycles. The van der Waals surface area contributed by atoms with Crippen LogP contribution in [0.3, 0.4) is 0 Å². The van der Waals surface area contributed by atoms with E-state index in [9.17, 15) is 4.79 Å². The first-order valence-electron chi connectivity index (χ1n) is 8.79. The van der Waals surface area contributed by atoms with E-state index >= 15 is 0 Å². The van der Waals surface area contributed by atoms with Crippen molar-refractivity contribution in [2.75, 3.05) is 14.2 Å². The lowest BCUT2D eigenvalue weighted by molar-refractivity contribution is 0.0601. The van der Waals surface area contributed by atoms with Crippen molar-refractivity contribution in [3.63, 3.8) is 0 Å². The molecule has 8 nitrogen and oxygen atoms in total. The number of aromatic nitrogens is 5. The van der Waals surface area contributed by atoms with Gasteiger partial charge in [0.25, 0.3) is 0 Å². The Hall–Kier alpha value is -4.07. The zero-order chi connectivity index (χ0) is 20.2. The first kappa shape index (κ1) is 18.3. The highest BCUT2D eigenvalue weighted by molar-refractivity contribution is 5.98. The van der Waals surface area contributed by atoms with Gasteiger partial charge in [0.2, 0.25) is 5.82 Å². The topological polar surface area (TPSA) is 92.0 Å². The van der Waals surface area contributed by atoms with Gasteiger partial charge >= 0.3 is 5.97 Å². The average molecular weight is 387 g/mol. The van der Waals surface area contributed by atoms with Crippen LogP contribution < -0.4 is 4.74 Å². The van der Waals surface area contributed by atoms with Gasteiger partial charge in [-0.2, -0.15) is 0 Å². The van der Waals surface area contributed by atoms with E-state index in [-0.39, 0.29) is 0 Å². The van der Waals surface area contributed by atoms with Crippen molar-refractivity contribution in [2.45, 2.75) is 0 Å². The fraction of sp³-hybridized carbons (Fsp3) is 0.0952. The second-order valence-electron chi connectivity index (χ2n) is 6.04. The monoisotopic (exact) mass is 387 g/mol. The van der Waals surface area contributed by atoms with Crippen LogP contribution in [0, 0.1) is 0 Å². The molecule has 0 saturated heterocycles. The Morgan fingerprint density at radius 3 is 2.55 bits per heavy atom. The molecule has 0 N–H and O–H groups in total. The molecule has 29 heavy (non-hydrogen) atoms. The number of tetrazole rings is 1. The smallest absolute Gasteiger partial charge is 0.338 e. The minimum absolute atomic E-state index is 0.412. The Morgan fingerprint density at radius 1 is 0.966 bits per heavy atom. The average Bonchev–Trinajstić information content (AvgIpc) is 3.29. The van der Waals surface area contributed by atoms with Gasteiger partial charge in [-0.05, 0) is 41.1 Å². The first-order chi connectivity index (χ1) is 14.2. The summed E-state index contributed by atoms with van der Waals surface area (Å²) in [5, 5.41) is 12.6. The van der Waals surface area contributed by atoms with E-state index in [2.05, 4.69) is 20.4 Å². The molecule has 4 rings (SSSR count). The van der Waals surface area contributed by atoms with Gasteiger partial charge in [0.15, 0.2) is 0 Å². The fourth-order valence-electron chi connectivity index (χ4n) is 2.95. The number of pyridine rings is 1. The lowest BCUT2D eigenvalue weighted by Crippen LogP contribution is -2.04. The van der Waals surface area contributed by atoms with Crippen molar-refractivity contribution in [1.82, 2.24) is 25.2 Å². The van der Waals surface area contributed by atoms with Crippen LogP contribution in [0.2, 0.25) is 0 Å². The van der Waals surface area contributed by atoms with E-state index in [1.807, 2.05) is 42.5 Å². The Morgan fingerprint density at radius 2 is 1.79 bits per heavy atom. The summed E-state index contributed by atoms with van der Waals surface area (Å²) >= 11 is 0. The standard InChI is InChI=1S/C21H17N5O3/c1-28-19-13-14(26-24-20(23-25-26)18-9-5-6-12-22-18)10-11-16(19)15-7-3-4-8-17(15)21(27)29-2/h3-13H,1-2H3. The summed E-state index contributed by atoms with van der Waals surface area (Å²) < 4.78 is 10.5. The summed E-state index contributed by atoms with van der Waals surface area (Å²) in [5.41, 5.74) is 3.22. The molecule has 144 valence electrons. The Balaban J connectivity index is 1.74. The van der Waals surface area contributed by atoms with Crippen molar-refractivity contribution in [3.05, 3.63) is 72.4 Å². The number of hydrogen-bond donors (Lipinski definition) is 0. The van der Waals surface area contributed by atoms with Crippen LogP contribution in [0.25, 0.3) is 28.3 Å². The van der Waals surface area contributed by atoms with E-state index in [1.165, 1.54) is 11.9 Å². The number of nitrogens with zero attached hydrogens (tertiary/aromatic N) is 5. The Kier molecular flexibility index (Phi) is 4.98. The molecule has 0 spiro atoms. The van der Waals surface area contributed by atoms with Crippen molar-refractivity contribution in [2.24, 2.45) is 0 Å². The molecule has 0 aliphatic rings. The number of methoxy groups -OCH3 is 2. The molecular formula is C21H17N5O3. The number of esters is 1. The Labute approximate surface area is 166 Å². The molecular weight excluding hydrogens is 370 g/mol. The van der Waals surface area contributed by atoms with E-state index in [0.717, 1.165) is 5.56 Å². The van der Waals surface area contributed by atoms with E-state index < -0.39 is 5.97 Å². The minimum atomic E-state index is -0.412. The second kappa shape index (κ2) is 7.89. The van der Waals surface area contributed by atoms with Crippen LogP contribution in [-0.4, -0.2) is 45.4 Å². The SMILES string of the molecule is COC(=O)c1ccccc1-c1ccc(-n2nnc(-c3ccccn3)n2)cc1OC. The van der Waals surface area contributed by atoms with Crippen LogP contribution in [0.15, 0.2) is 66.9 Å². The van der Waals surface area contributed by atoms with Crippen molar-refractivity contribution in [1.29, 1.82) is 0 Å². The summed E-state index contributed by atoms with van der Waals surface area (Å²) in [7, 11) is 2.92. The van der Waals surface area contributed by atoms with Gasteiger partial charge in [0.05, 0.1) is 25.5 Å². The molecule has 0 unspecified atom stereocenters. The molecule has 0 radical (unpaired) electrons. The summed E-state index contributed by atoms with van der Waals surface area (Å²) in [4.78, 5) is 17.8. The predicted octanol–water partition coefficient (Wildman–Crippen LogP) is 3.19. The van der Waals surface area contributed by atoms with Crippen LogP contribution in [0.1, 0.15) is 10.4 Å². The van der Waals surface area contributed by atoms with Gasteiger partial charge in [-0.15, -0.1) is 15.0 Å². The number of hydrogen-bond acceptors (Lipinski definition) is 7. The normalized spacial score (nSPS) is 10.6. The predicted molar refractivity (Wildman–Crippen MR) is 106 cm³/mol. The zero-order valence-corrected chi connectivity index (χ0v) is 15.8. The maximum Gasteiger partial charge on any atom is 0.338 e. The molecule has 8 heteroatoms. The van der Waals surface area contributed by atoms with Gasteiger partial charge in [0.1, 0.15) is 11.4 Å². The summed E-state index contributed by atoms with van der Waals surface area (Å²) in [5.74, 6) is 0.574. The largest absolute Gasteiger partial charge is 0.496 e.